The quantitative estimate of drug-likeness (QED) is 0.779. The van der Waals surface area contributed by atoms with Gasteiger partial charge in [0, 0.05) is 11.8 Å². The topological polar surface area (TPSA) is 57.5 Å². The number of hydrogen-bond donors (Lipinski definition) is 2. The lowest BCUT2D eigenvalue weighted by atomic mass is 9.41. The molecule has 23 heavy (non-hydrogen) atoms. The summed E-state index contributed by atoms with van der Waals surface area (Å²) in [7, 11) is 0. The largest absolute Gasteiger partial charge is 0.393 e. The van der Waals surface area contributed by atoms with E-state index < -0.39 is 5.60 Å². The van der Waals surface area contributed by atoms with Crippen molar-refractivity contribution in [3.05, 3.63) is 0 Å². The van der Waals surface area contributed by atoms with Gasteiger partial charge in [-0.3, -0.25) is 4.79 Å². The van der Waals surface area contributed by atoms with Crippen LogP contribution < -0.4 is 0 Å². The summed E-state index contributed by atoms with van der Waals surface area (Å²) in [5.41, 5.74) is -0.612. The first-order chi connectivity index (χ1) is 10.7. The Hall–Kier alpha value is -0.410. The van der Waals surface area contributed by atoms with E-state index in [1.807, 2.05) is 0 Å². The highest BCUT2D eigenvalue weighted by atomic mass is 16.3. The third-order valence-corrected chi connectivity index (χ3v) is 8.89. The summed E-state index contributed by atoms with van der Waals surface area (Å²) in [6.45, 7) is 6.68. The molecule has 0 aliphatic heterocycles. The van der Waals surface area contributed by atoms with Gasteiger partial charge in [-0.05, 0) is 73.5 Å². The molecule has 0 aromatic carbocycles. The molecular formula is C20H32O3. The molecule has 4 fully saturated rings. The predicted octanol–water partition coefficient (Wildman–Crippen LogP) is 3.32. The van der Waals surface area contributed by atoms with Gasteiger partial charge in [0.25, 0.3) is 0 Å². The van der Waals surface area contributed by atoms with E-state index in [2.05, 4.69) is 20.8 Å². The average molecular weight is 320 g/mol. The van der Waals surface area contributed by atoms with Crippen molar-refractivity contribution in [3.8, 4) is 0 Å². The number of aliphatic hydroxyl groups excluding tert-OH is 1. The zero-order valence-corrected chi connectivity index (χ0v) is 14.9. The SMILES string of the molecule is CC1(C)C(=O)CCC2(C)C3CCC4CC3(CCC12)C[C@]4(O)CO. The molecule has 0 aromatic rings. The average Bonchev–Trinajstić information content (AvgIpc) is 2.70. The van der Waals surface area contributed by atoms with E-state index >= 15 is 0 Å². The Morgan fingerprint density at radius 1 is 1.09 bits per heavy atom. The van der Waals surface area contributed by atoms with Crippen molar-refractivity contribution in [1.82, 2.24) is 0 Å². The van der Waals surface area contributed by atoms with Gasteiger partial charge < -0.3 is 10.2 Å². The van der Waals surface area contributed by atoms with Crippen molar-refractivity contribution in [2.45, 2.75) is 77.7 Å². The fourth-order valence-electron chi connectivity index (χ4n) is 7.83. The second kappa shape index (κ2) is 4.60. The smallest absolute Gasteiger partial charge is 0.138 e. The minimum Gasteiger partial charge on any atom is -0.393 e. The molecule has 0 aromatic heterocycles. The minimum absolute atomic E-state index is 0.0870. The molecule has 4 aliphatic rings. The van der Waals surface area contributed by atoms with E-state index in [1.165, 1.54) is 6.42 Å². The molecule has 130 valence electrons. The monoisotopic (exact) mass is 320 g/mol. The zero-order chi connectivity index (χ0) is 16.7. The number of hydrogen-bond acceptors (Lipinski definition) is 3. The second-order valence-corrected chi connectivity index (χ2v) is 10.1. The van der Waals surface area contributed by atoms with Gasteiger partial charge in [0.2, 0.25) is 0 Å². The highest BCUT2D eigenvalue weighted by Gasteiger charge is 2.67. The molecular weight excluding hydrogens is 288 g/mol. The third kappa shape index (κ3) is 1.87. The molecule has 0 heterocycles. The number of carbonyl (C=O) groups is 1. The summed E-state index contributed by atoms with van der Waals surface area (Å²) in [4.78, 5) is 12.5. The highest BCUT2D eigenvalue weighted by Crippen LogP contribution is 2.72. The van der Waals surface area contributed by atoms with Crippen LogP contribution in [-0.4, -0.2) is 28.2 Å². The summed E-state index contributed by atoms with van der Waals surface area (Å²) >= 11 is 0. The molecule has 1 spiro atoms. The van der Waals surface area contributed by atoms with E-state index in [0.717, 1.165) is 44.9 Å². The zero-order valence-electron chi connectivity index (χ0n) is 14.9. The standard InChI is InChI=1S/C20H32O3/c1-17(2)14-6-9-19-10-13(20(23,11-19)12-21)4-5-15(19)18(14,3)8-7-16(17)22/h13-15,21,23H,4-12H2,1-3H3/t13?,14?,15?,18?,19?,20-/m0/s1. The number of rotatable bonds is 1. The molecule has 0 amide bonds. The van der Waals surface area contributed by atoms with E-state index in [0.29, 0.717) is 17.6 Å². The van der Waals surface area contributed by atoms with Crippen LogP contribution in [0.5, 0.6) is 0 Å². The number of Topliss-reactive ketones (excluding diaryl/α,β-unsaturated/α-hetero) is 1. The molecule has 6 atom stereocenters. The van der Waals surface area contributed by atoms with Gasteiger partial charge >= 0.3 is 0 Å². The summed E-state index contributed by atoms with van der Waals surface area (Å²) in [5.74, 6) is 1.81. The van der Waals surface area contributed by atoms with Crippen LogP contribution in [-0.2, 0) is 4.79 Å². The maximum atomic E-state index is 12.5. The Balaban J connectivity index is 1.73. The Labute approximate surface area is 139 Å². The molecule has 4 saturated carbocycles. The predicted molar refractivity (Wildman–Crippen MR) is 88.8 cm³/mol. The lowest BCUT2D eigenvalue weighted by Gasteiger charge is -2.63. The van der Waals surface area contributed by atoms with Crippen molar-refractivity contribution in [2.75, 3.05) is 6.61 Å². The van der Waals surface area contributed by atoms with Gasteiger partial charge in [-0.2, -0.15) is 0 Å². The third-order valence-electron chi connectivity index (χ3n) is 8.89. The van der Waals surface area contributed by atoms with Crippen LogP contribution in [0.4, 0.5) is 0 Å². The summed E-state index contributed by atoms with van der Waals surface area (Å²) < 4.78 is 0. The van der Waals surface area contributed by atoms with Crippen molar-refractivity contribution in [3.63, 3.8) is 0 Å². The maximum Gasteiger partial charge on any atom is 0.138 e. The number of fused-ring (bicyclic) bond motifs is 3. The Morgan fingerprint density at radius 2 is 1.83 bits per heavy atom. The van der Waals surface area contributed by atoms with Crippen LogP contribution in [0, 0.1) is 34.0 Å². The van der Waals surface area contributed by atoms with Crippen LogP contribution >= 0.6 is 0 Å². The summed E-state index contributed by atoms with van der Waals surface area (Å²) in [5, 5.41) is 20.7. The van der Waals surface area contributed by atoms with E-state index in [1.54, 1.807) is 0 Å². The first kappa shape index (κ1) is 16.1. The van der Waals surface area contributed by atoms with E-state index in [9.17, 15) is 15.0 Å². The van der Waals surface area contributed by atoms with Gasteiger partial charge in [0.05, 0.1) is 12.2 Å². The molecule has 5 unspecified atom stereocenters. The van der Waals surface area contributed by atoms with Gasteiger partial charge in [-0.1, -0.05) is 20.8 Å². The van der Waals surface area contributed by atoms with Crippen LogP contribution in [0.1, 0.15) is 72.1 Å². The fourth-order valence-corrected chi connectivity index (χ4v) is 7.83. The van der Waals surface area contributed by atoms with Gasteiger partial charge in [-0.15, -0.1) is 0 Å². The van der Waals surface area contributed by atoms with Crippen molar-refractivity contribution >= 4 is 5.78 Å². The number of carbonyl (C=O) groups excluding carboxylic acids is 1. The van der Waals surface area contributed by atoms with E-state index in [-0.39, 0.29) is 28.8 Å². The molecule has 2 N–H and O–H groups in total. The molecule has 2 bridgehead atoms. The molecule has 4 rings (SSSR count). The fraction of sp³-hybridized carbons (Fsp3) is 0.950. The molecule has 3 nitrogen and oxygen atoms in total. The Kier molecular flexibility index (Phi) is 3.22. The summed E-state index contributed by atoms with van der Waals surface area (Å²) in [6.07, 6.45) is 8.07. The Morgan fingerprint density at radius 3 is 2.52 bits per heavy atom. The normalized spacial score (nSPS) is 54.5. The van der Waals surface area contributed by atoms with Gasteiger partial charge in [0.1, 0.15) is 5.78 Å². The number of ketones is 1. The van der Waals surface area contributed by atoms with Crippen molar-refractivity contribution in [1.29, 1.82) is 0 Å². The molecule has 0 radical (unpaired) electrons. The lowest BCUT2D eigenvalue weighted by molar-refractivity contribution is -0.165. The van der Waals surface area contributed by atoms with Crippen molar-refractivity contribution < 1.29 is 15.0 Å². The summed E-state index contributed by atoms with van der Waals surface area (Å²) in [6, 6.07) is 0. The van der Waals surface area contributed by atoms with Gasteiger partial charge in [0.15, 0.2) is 0 Å². The first-order valence-electron chi connectivity index (χ1n) is 9.55. The first-order valence-corrected chi connectivity index (χ1v) is 9.55. The maximum absolute atomic E-state index is 12.5. The second-order valence-electron chi connectivity index (χ2n) is 10.1. The highest BCUT2D eigenvalue weighted by molar-refractivity contribution is 5.85. The molecule has 4 aliphatic carbocycles. The van der Waals surface area contributed by atoms with Crippen LogP contribution in [0.2, 0.25) is 0 Å². The minimum atomic E-state index is -0.849. The van der Waals surface area contributed by atoms with E-state index in [4.69, 9.17) is 0 Å². The van der Waals surface area contributed by atoms with Crippen LogP contribution in [0.15, 0.2) is 0 Å². The Bertz CT molecular complexity index is 541. The number of aliphatic hydroxyl groups is 2. The lowest BCUT2D eigenvalue weighted by Crippen LogP contribution is -2.58. The molecule has 3 heteroatoms. The van der Waals surface area contributed by atoms with Crippen LogP contribution in [0.3, 0.4) is 0 Å². The van der Waals surface area contributed by atoms with Gasteiger partial charge in [-0.25, -0.2) is 0 Å². The van der Waals surface area contributed by atoms with Crippen LogP contribution in [0.25, 0.3) is 0 Å². The molecule has 0 saturated heterocycles. The van der Waals surface area contributed by atoms with Crippen molar-refractivity contribution in [2.24, 2.45) is 34.0 Å².